The molecule has 0 saturated carbocycles. The zero-order chi connectivity index (χ0) is 22.2. The number of para-hydroxylation sites is 1. The molecule has 7 heteroatoms. The van der Waals surface area contributed by atoms with Gasteiger partial charge in [-0.3, -0.25) is 9.59 Å². The summed E-state index contributed by atoms with van der Waals surface area (Å²) in [5.41, 5.74) is 3.38. The quantitative estimate of drug-likeness (QED) is 0.557. The van der Waals surface area contributed by atoms with Crippen LogP contribution in [0, 0.1) is 6.92 Å². The highest BCUT2D eigenvalue weighted by Crippen LogP contribution is 2.14. The molecule has 1 heterocycles. The maximum Gasteiger partial charge on any atom is 0.251 e. The molecule has 1 atom stereocenters. The Morgan fingerprint density at radius 1 is 1.10 bits per heavy atom. The smallest absolute Gasteiger partial charge is 0.251 e. The number of benzene rings is 2. The lowest BCUT2D eigenvalue weighted by atomic mass is 10.1. The van der Waals surface area contributed by atoms with Crippen molar-refractivity contribution >= 4 is 11.8 Å². The molecule has 3 aromatic rings. The normalized spacial score (nSPS) is 11.6. The zero-order valence-electron chi connectivity index (χ0n) is 18.1. The molecule has 0 aliphatic carbocycles. The third-order valence-corrected chi connectivity index (χ3v) is 4.67. The molecule has 1 unspecified atom stereocenters. The van der Waals surface area contributed by atoms with Crippen LogP contribution in [0.2, 0.25) is 0 Å². The highest BCUT2D eigenvalue weighted by molar-refractivity contribution is 5.96. The number of nitrogens with one attached hydrogen (secondary N) is 2. The Kier molecular flexibility index (Phi) is 7.43. The highest BCUT2D eigenvalue weighted by Gasteiger charge is 2.14. The number of carbonyl (C=O) groups excluding carboxylic acids is 2. The van der Waals surface area contributed by atoms with Crippen LogP contribution in [0.1, 0.15) is 35.6 Å². The van der Waals surface area contributed by atoms with Crippen molar-refractivity contribution in [3.05, 3.63) is 77.6 Å². The highest BCUT2D eigenvalue weighted by atomic mass is 16.5. The summed E-state index contributed by atoms with van der Waals surface area (Å²) in [6.45, 7) is 6.26. The standard InChI is InChI=1S/C24H28N4O3/c1-4-31-22-12-10-19(11-13-22)24(30)25-16-23(29)26-17(2)14-21-15-18(3)27-28(21)20-8-6-5-7-9-20/h5-13,15,17H,4,14,16H2,1-3H3,(H,25,30)(H,26,29). The average Bonchev–Trinajstić information content (AvgIpc) is 3.13. The molecule has 0 spiro atoms. The van der Waals surface area contributed by atoms with Gasteiger partial charge in [0.15, 0.2) is 0 Å². The Morgan fingerprint density at radius 2 is 1.81 bits per heavy atom. The molecule has 2 N–H and O–H groups in total. The monoisotopic (exact) mass is 420 g/mol. The van der Waals surface area contributed by atoms with E-state index in [0.717, 1.165) is 17.1 Å². The minimum atomic E-state index is -0.302. The third kappa shape index (κ3) is 6.18. The second-order valence-corrected chi connectivity index (χ2v) is 7.34. The first-order chi connectivity index (χ1) is 15.0. The van der Waals surface area contributed by atoms with E-state index in [1.165, 1.54) is 0 Å². The summed E-state index contributed by atoms with van der Waals surface area (Å²) in [6.07, 6.45) is 0.619. The van der Waals surface area contributed by atoms with Gasteiger partial charge in [0.05, 0.1) is 24.5 Å². The summed E-state index contributed by atoms with van der Waals surface area (Å²) in [4.78, 5) is 24.6. The van der Waals surface area contributed by atoms with E-state index >= 15 is 0 Å². The molecule has 0 bridgehead atoms. The molecule has 1 aromatic heterocycles. The Morgan fingerprint density at radius 3 is 2.48 bits per heavy atom. The molecule has 0 aliphatic heterocycles. The number of amides is 2. The SMILES string of the molecule is CCOc1ccc(C(=O)NCC(=O)NC(C)Cc2cc(C)nn2-c2ccccc2)cc1. The number of nitrogens with zero attached hydrogens (tertiary/aromatic N) is 2. The molecule has 2 aromatic carbocycles. The van der Waals surface area contributed by atoms with E-state index in [0.29, 0.717) is 24.3 Å². The van der Waals surface area contributed by atoms with Crippen LogP contribution >= 0.6 is 0 Å². The predicted molar refractivity (Wildman–Crippen MR) is 120 cm³/mol. The average molecular weight is 421 g/mol. The molecule has 3 rings (SSSR count). The number of hydrogen-bond acceptors (Lipinski definition) is 4. The van der Waals surface area contributed by atoms with Crippen LogP contribution in [-0.2, 0) is 11.2 Å². The lowest BCUT2D eigenvalue weighted by molar-refractivity contribution is -0.120. The van der Waals surface area contributed by atoms with Crippen molar-refractivity contribution in [3.63, 3.8) is 0 Å². The van der Waals surface area contributed by atoms with Crippen LogP contribution in [-0.4, -0.2) is 40.8 Å². The number of rotatable bonds is 9. The summed E-state index contributed by atoms with van der Waals surface area (Å²) in [6, 6.07) is 18.6. The van der Waals surface area contributed by atoms with Crippen molar-refractivity contribution in [1.29, 1.82) is 0 Å². The molecule has 2 amide bonds. The fourth-order valence-electron chi connectivity index (χ4n) is 3.31. The van der Waals surface area contributed by atoms with Crippen LogP contribution in [0.4, 0.5) is 0 Å². The maximum atomic E-state index is 12.3. The Labute approximate surface area is 182 Å². The van der Waals surface area contributed by atoms with E-state index in [1.807, 2.05) is 61.9 Å². The van der Waals surface area contributed by atoms with Gasteiger partial charge in [0.2, 0.25) is 5.91 Å². The molecular formula is C24H28N4O3. The Bertz CT molecular complexity index is 1010. The van der Waals surface area contributed by atoms with Crippen LogP contribution in [0.15, 0.2) is 60.7 Å². The van der Waals surface area contributed by atoms with Gasteiger partial charge in [-0.1, -0.05) is 18.2 Å². The number of hydrogen-bond donors (Lipinski definition) is 2. The summed E-state index contributed by atoms with van der Waals surface area (Å²) in [5, 5.41) is 10.1. The van der Waals surface area contributed by atoms with Crippen molar-refractivity contribution in [2.75, 3.05) is 13.2 Å². The van der Waals surface area contributed by atoms with Gasteiger partial charge in [0.1, 0.15) is 5.75 Å². The van der Waals surface area contributed by atoms with Gasteiger partial charge in [-0.2, -0.15) is 5.10 Å². The number of carbonyl (C=O) groups is 2. The van der Waals surface area contributed by atoms with Crippen molar-refractivity contribution < 1.29 is 14.3 Å². The first kappa shape index (κ1) is 22.1. The third-order valence-electron chi connectivity index (χ3n) is 4.67. The van der Waals surface area contributed by atoms with Gasteiger partial charge in [0.25, 0.3) is 5.91 Å². The molecule has 7 nitrogen and oxygen atoms in total. The fourth-order valence-corrected chi connectivity index (χ4v) is 3.31. The molecule has 0 saturated heterocycles. The second kappa shape index (κ2) is 10.4. The topological polar surface area (TPSA) is 85.2 Å². The van der Waals surface area contributed by atoms with E-state index in [2.05, 4.69) is 15.7 Å². The molecular weight excluding hydrogens is 392 g/mol. The van der Waals surface area contributed by atoms with Crippen molar-refractivity contribution in [1.82, 2.24) is 20.4 Å². The Hall–Kier alpha value is -3.61. The van der Waals surface area contributed by atoms with Gasteiger partial charge in [-0.15, -0.1) is 0 Å². The van der Waals surface area contributed by atoms with Gasteiger partial charge >= 0.3 is 0 Å². The summed E-state index contributed by atoms with van der Waals surface area (Å²) in [7, 11) is 0. The minimum Gasteiger partial charge on any atom is -0.494 e. The van der Waals surface area contributed by atoms with Crippen LogP contribution in [0.25, 0.3) is 5.69 Å². The van der Waals surface area contributed by atoms with E-state index in [4.69, 9.17) is 4.74 Å². The lowest BCUT2D eigenvalue weighted by Gasteiger charge is -2.15. The van der Waals surface area contributed by atoms with E-state index in [9.17, 15) is 9.59 Å². The largest absolute Gasteiger partial charge is 0.494 e. The lowest BCUT2D eigenvalue weighted by Crippen LogP contribution is -2.41. The minimum absolute atomic E-state index is 0.0899. The summed E-state index contributed by atoms with van der Waals surface area (Å²) >= 11 is 0. The zero-order valence-corrected chi connectivity index (χ0v) is 18.1. The van der Waals surface area contributed by atoms with Gasteiger partial charge in [-0.05, 0) is 63.2 Å². The van der Waals surface area contributed by atoms with Crippen LogP contribution in [0.5, 0.6) is 5.75 Å². The van der Waals surface area contributed by atoms with Crippen LogP contribution < -0.4 is 15.4 Å². The summed E-state index contributed by atoms with van der Waals surface area (Å²) < 4.78 is 7.26. The van der Waals surface area contributed by atoms with Crippen molar-refractivity contribution in [2.45, 2.75) is 33.2 Å². The van der Waals surface area contributed by atoms with Gasteiger partial charge in [-0.25, -0.2) is 4.68 Å². The molecule has 0 fully saturated rings. The van der Waals surface area contributed by atoms with Gasteiger partial charge < -0.3 is 15.4 Å². The first-order valence-electron chi connectivity index (χ1n) is 10.4. The fraction of sp³-hybridized carbons (Fsp3) is 0.292. The second-order valence-electron chi connectivity index (χ2n) is 7.34. The maximum absolute atomic E-state index is 12.3. The van der Waals surface area contributed by atoms with Crippen molar-refractivity contribution in [2.24, 2.45) is 0 Å². The summed E-state index contributed by atoms with van der Waals surface area (Å²) in [5.74, 6) is 0.161. The number of aryl methyl sites for hydroxylation is 1. The van der Waals surface area contributed by atoms with E-state index in [-0.39, 0.29) is 24.4 Å². The molecule has 0 radical (unpaired) electrons. The van der Waals surface area contributed by atoms with E-state index < -0.39 is 0 Å². The van der Waals surface area contributed by atoms with E-state index in [1.54, 1.807) is 24.3 Å². The first-order valence-corrected chi connectivity index (χ1v) is 10.4. The number of aromatic nitrogens is 2. The predicted octanol–water partition coefficient (Wildman–Crippen LogP) is 3.06. The molecule has 162 valence electrons. The van der Waals surface area contributed by atoms with Crippen molar-refractivity contribution in [3.8, 4) is 11.4 Å². The molecule has 0 aliphatic rings. The molecule has 31 heavy (non-hydrogen) atoms. The number of ether oxygens (including phenoxy) is 1. The van der Waals surface area contributed by atoms with Gasteiger partial charge in [0, 0.05) is 23.7 Å². The van der Waals surface area contributed by atoms with Crippen LogP contribution in [0.3, 0.4) is 0 Å². The Balaban J connectivity index is 1.51.